The molecule has 1 saturated heterocycles. The Balaban J connectivity index is 1.60. The largest absolute Gasteiger partial charge is 0.350 e. The summed E-state index contributed by atoms with van der Waals surface area (Å²) in [6.07, 6.45) is 7.25. The van der Waals surface area contributed by atoms with Crippen LogP contribution in [0.25, 0.3) is 10.4 Å². The maximum atomic E-state index is 12.2. The van der Waals surface area contributed by atoms with E-state index in [1.54, 1.807) is 16.2 Å². The van der Waals surface area contributed by atoms with E-state index < -0.39 is 0 Å². The minimum Gasteiger partial charge on any atom is -0.350 e. The maximum Gasteiger partial charge on any atom is 0.243 e. The minimum atomic E-state index is -0.181. The molecule has 1 unspecified atom stereocenters. The summed E-state index contributed by atoms with van der Waals surface area (Å²) in [6, 6.07) is 10.6. The van der Waals surface area contributed by atoms with Gasteiger partial charge in [0.2, 0.25) is 5.91 Å². The van der Waals surface area contributed by atoms with Gasteiger partial charge in [-0.05, 0) is 30.9 Å². The van der Waals surface area contributed by atoms with E-state index in [0.29, 0.717) is 6.54 Å². The van der Waals surface area contributed by atoms with Crippen LogP contribution in [-0.4, -0.2) is 28.4 Å². The topological polar surface area (TPSA) is 45.2 Å². The molecular formula is C18H19N3OS. The highest BCUT2D eigenvalue weighted by Gasteiger charge is 2.28. The zero-order valence-corrected chi connectivity index (χ0v) is 13.9. The van der Waals surface area contributed by atoms with Crippen molar-refractivity contribution in [3.05, 3.63) is 41.0 Å². The van der Waals surface area contributed by atoms with Crippen molar-refractivity contribution < 1.29 is 4.79 Å². The number of likely N-dealkylation sites (tertiary alicyclic amines) is 1. The van der Waals surface area contributed by atoms with Crippen molar-refractivity contribution in [2.45, 2.75) is 32.4 Å². The number of hydrogen-bond donors (Lipinski definition) is 1. The summed E-state index contributed by atoms with van der Waals surface area (Å²) < 4.78 is 0. The van der Waals surface area contributed by atoms with Crippen molar-refractivity contribution in [2.24, 2.45) is 0 Å². The van der Waals surface area contributed by atoms with E-state index in [1.807, 2.05) is 24.6 Å². The van der Waals surface area contributed by atoms with Crippen molar-refractivity contribution in [2.75, 3.05) is 6.54 Å². The molecule has 1 aromatic carbocycles. The van der Waals surface area contributed by atoms with Crippen LogP contribution in [0.1, 0.15) is 24.1 Å². The minimum absolute atomic E-state index is 0.0165. The molecule has 0 radical (unpaired) electrons. The molecule has 1 aromatic heterocycles. The van der Waals surface area contributed by atoms with Gasteiger partial charge in [0.15, 0.2) is 0 Å². The van der Waals surface area contributed by atoms with Gasteiger partial charge in [-0.15, -0.1) is 11.3 Å². The lowest BCUT2D eigenvalue weighted by Gasteiger charge is -2.19. The van der Waals surface area contributed by atoms with E-state index in [1.165, 1.54) is 4.88 Å². The molecule has 1 fully saturated rings. The molecule has 1 aliphatic rings. The molecule has 0 saturated carbocycles. The number of carbonyl (C=O) groups excluding carboxylic acids is 1. The van der Waals surface area contributed by atoms with Gasteiger partial charge in [-0.3, -0.25) is 4.79 Å². The fourth-order valence-electron chi connectivity index (χ4n) is 2.85. The Morgan fingerprint density at radius 3 is 2.91 bits per heavy atom. The first kappa shape index (κ1) is 15.6. The molecule has 0 aliphatic carbocycles. The number of benzene rings is 1. The molecule has 1 N–H and O–H groups in total. The SMILES string of the molecule is C#CN1CCCC1C(=O)NCc1ccc(-c2scnc2C)cc1. The lowest BCUT2D eigenvalue weighted by molar-refractivity contribution is -0.124. The highest BCUT2D eigenvalue weighted by Crippen LogP contribution is 2.27. The predicted octanol–water partition coefficient (Wildman–Crippen LogP) is 2.79. The summed E-state index contributed by atoms with van der Waals surface area (Å²) in [6.45, 7) is 3.34. The first-order valence-electron chi connectivity index (χ1n) is 7.69. The van der Waals surface area contributed by atoms with Gasteiger partial charge in [-0.1, -0.05) is 30.7 Å². The third-order valence-corrected chi connectivity index (χ3v) is 5.13. The number of hydrogen-bond acceptors (Lipinski definition) is 4. The Bertz CT molecular complexity index is 729. The quantitative estimate of drug-likeness (QED) is 0.879. The van der Waals surface area contributed by atoms with Crippen LogP contribution in [0.2, 0.25) is 0 Å². The number of aromatic nitrogens is 1. The van der Waals surface area contributed by atoms with Gasteiger partial charge in [0.25, 0.3) is 0 Å². The predicted molar refractivity (Wildman–Crippen MR) is 92.7 cm³/mol. The number of rotatable bonds is 4. The highest BCUT2D eigenvalue weighted by atomic mass is 32.1. The van der Waals surface area contributed by atoms with Gasteiger partial charge in [0, 0.05) is 19.1 Å². The molecule has 4 nitrogen and oxygen atoms in total. The number of nitrogens with one attached hydrogen (secondary N) is 1. The van der Waals surface area contributed by atoms with Gasteiger partial charge in [0.05, 0.1) is 16.1 Å². The number of amides is 1. The highest BCUT2D eigenvalue weighted by molar-refractivity contribution is 7.13. The van der Waals surface area contributed by atoms with Crippen LogP contribution in [0.5, 0.6) is 0 Å². The van der Waals surface area contributed by atoms with Crippen LogP contribution in [0.4, 0.5) is 0 Å². The van der Waals surface area contributed by atoms with E-state index >= 15 is 0 Å². The van der Waals surface area contributed by atoms with E-state index in [9.17, 15) is 4.79 Å². The number of carbonyl (C=O) groups is 1. The number of aryl methyl sites for hydroxylation is 1. The Morgan fingerprint density at radius 2 is 2.26 bits per heavy atom. The van der Waals surface area contributed by atoms with Gasteiger partial charge >= 0.3 is 0 Å². The molecule has 3 rings (SSSR count). The number of thiazole rings is 1. The molecule has 0 bridgehead atoms. The molecule has 1 atom stereocenters. The Hall–Kier alpha value is -2.32. The van der Waals surface area contributed by atoms with Crippen LogP contribution < -0.4 is 5.32 Å². The summed E-state index contributed by atoms with van der Waals surface area (Å²) in [5.41, 5.74) is 5.15. The second-order valence-corrected chi connectivity index (χ2v) is 6.52. The molecule has 23 heavy (non-hydrogen) atoms. The second-order valence-electron chi connectivity index (χ2n) is 5.66. The zero-order valence-electron chi connectivity index (χ0n) is 13.1. The molecule has 1 amide bonds. The van der Waals surface area contributed by atoms with Gasteiger partial charge < -0.3 is 10.2 Å². The summed E-state index contributed by atoms with van der Waals surface area (Å²) in [5, 5.41) is 2.98. The van der Waals surface area contributed by atoms with Crippen LogP contribution >= 0.6 is 11.3 Å². The van der Waals surface area contributed by atoms with E-state index in [2.05, 4.69) is 28.5 Å². The first-order valence-corrected chi connectivity index (χ1v) is 8.57. The molecule has 118 valence electrons. The second kappa shape index (κ2) is 6.84. The average molecular weight is 325 g/mol. The van der Waals surface area contributed by atoms with E-state index in [-0.39, 0.29) is 11.9 Å². The van der Waals surface area contributed by atoms with Crippen molar-refractivity contribution in [1.29, 1.82) is 0 Å². The zero-order chi connectivity index (χ0) is 16.2. The van der Waals surface area contributed by atoms with Gasteiger partial charge in [0.1, 0.15) is 6.04 Å². The molecule has 1 aliphatic heterocycles. The number of terminal acetylenes is 1. The lowest BCUT2D eigenvalue weighted by Crippen LogP contribution is -2.40. The van der Waals surface area contributed by atoms with E-state index in [0.717, 1.165) is 36.2 Å². The Morgan fingerprint density at radius 1 is 1.48 bits per heavy atom. The Kier molecular flexibility index (Phi) is 4.63. The Labute approximate surface area is 140 Å². The summed E-state index contributed by atoms with van der Waals surface area (Å²) in [5.74, 6) is 0.0165. The van der Waals surface area contributed by atoms with Crippen LogP contribution in [0.15, 0.2) is 29.8 Å². The monoisotopic (exact) mass is 325 g/mol. The van der Waals surface area contributed by atoms with Crippen molar-refractivity contribution in [3.8, 4) is 22.9 Å². The fraction of sp³-hybridized carbons (Fsp3) is 0.333. The first-order chi connectivity index (χ1) is 11.2. The third-order valence-electron chi connectivity index (χ3n) is 4.15. The van der Waals surface area contributed by atoms with Crippen molar-refractivity contribution >= 4 is 17.2 Å². The maximum absolute atomic E-state index is 12.2. The molecule has 0 spiro atoms. The molecule has 5 heteroatoms. The molecule has 2 heterocycles. The van der Waals surface area contributed by atoms with E-state index in [4.69, 9.17) is 6.42 Å². The molecule has 2 aromatic rings. The van der Waals surface area contributed by atoms with Crippen LogP contribution in [-0.2, 0) is 11.3 Å². The standard InChI is InChI=1S/C18H19N3OS/c1-3-21-10-4-5-16(21)18(22)19-11-14-6-8-15(9-7-14)17-13(2)20-12-23-17/h1,6-9,12,16H,4-5,10-11H2,2H3,(H,19,22). The van der Waals surface area contributed by atoms with Crippen molar-refractivity contribution in [1.82, 2.24) is 15.2 Å². The van der Waals surface area contributed by atoms with Gasteiger partial charge in [-0.2, -0.15) is 0 Å². The van der Waals surface area contributed by atoms with Crippen LogP contribution in [0, 0.1) is 19.4 Å². The normalized spacial score (nSPS) is 17.0. The summed E-state index contributed by atoms with van der Waals surface area (Å²) in [4.78, 5) is 19.5. The smallest absolute Gasteiger partial charge is 0.243 e. The van der Waals surface area contributed by atoms with Crippen molar-refractivity contribution in [3.63, 3.8) is 0 Å². The van der Waals surface area contributed by atoms with Crippen LogP contribution in [0.3, 0.4) is 0 Å². The summed E-state index contributed by atoms with van der Waals surface area (Å²) in [7, 11) is 0. The summed E-state index contributed by atoms with van der Waals surface area (Å²) >= 11 is 1.64. The van der Waals surface area contributed by atoms with Gasteiger partial charge in [-0.25, -0.2) is 4.98 Å². The average Bonchev–Trinajstić information content (AvgIpc) is 3.21. The fourth-order valence-corrected chi connectivity index (χ4v) is 3.67. The number of nitrogens with zero attached hydrogens (tertiary/aromatic N) is 2. The third kappa shape index (κ3) is 3.38. The lowest BCUT2D eigenvalue weighted by atomic mass is 10.1. The molecular weight excluding hydrogens is 306 g/mol.